The predicted octanol–water partition coefficient (Wildman–Crippen LogP) is 5.37. The molecule has 0 N–H and O–H groups in total. The average molecular weight is 720 g/mol. The Morgan fingerprint density at radius 3 is 1.80 bits per heavy atom. The summed E-state index contributed by atoms with van der Waals surface area (Å²) < 4.78 is 3.00. The van der Waals surface area contributed by atoms with Crippen LogP contribution in [0.15, 0.2) is 72.8 Å². The van der Waals surface area contributed by atoms with Crippen molar-refractivity contribution in [2.45, 2.75) is 12.8 Å². The molecule has 4 aromatic carbocycles. The van der Waals surface area contributed by atoms with Crippen LogP contribution >= 0.6 is 0 Å². The molecule has 0 spiro atoms. The van der Waals surface area contributed by atoms with Crippen molar-refractivity contribution in [1.29, 1.82) is 0 Å². The SMILES string of the molecule is [W]=[C]1c2ccccc2Cc2cc3c(cc21)-c1cc2c(cc1C3)-c1ccccc1[C]2=[W]. The van der Waals surface area contributed by atoms with E-state index >= 15 is 0 Å². The standard InChI is InChI=1S/C28H16.2W/c1-2-6-18-10-21-14-27-22(12-20(21)9-17(18)5-1)13-24-15-26-23(16-28(24)27)11-19-7-3-4-8-25(19)26;;/h1-8,12,14-16H,9,13H2;;. The summed E-state index contributed by atoms with van der Waals surface area (Å²) >= 11 is 3.12. The van der Waals surface area contributed by atoms with Gasteiger partial charge < -0.3 is 0 Å². The van der Waals surface area contributed by atoms with Gasteiger partial charge in [-0.3, -0.25) is 0 Å². The topological polar surface area (TPSA) is 0 Å². The van der Waals surface area contributed by atoms with Crippen molar-refractivity contribution < 1.29 is 38.7 Å². The van der Waals surface area contributed by atoms with Gasteiger partial charge in [-0.1, -0.05) is 0 Å². The Labute approximate surface area is 197 Å². The quantitative estimate of drug-likeness (QED) is 0.198. The fraction of sp³-hybridized carbons (Fsp3) is 0.0714. The Kier molecular flexibility index (Phi) is 3.68. The molecule has 0 unspecified atom stereocenters. The van der Waals surface area contributed by atoms with Crippen molar-refractivity contribution in [3.8, 4) is 22.3 Å². The second-order valence-corrected chi connectivity index (χ2v) is 11.4. The summed E-state index contributed by atoms with van der Waals surface area (Å²) in [6.07, 6.45) is 2.12. The van der Waals surface area contributed by atoms with Gasteiger partial charge in [0.1, 0.15) is 0 Å². The number of hydrogen-bond acceptors (Lipinski definition) is 0. The second kappa shape index (κ2) is 6.26. The van der Waals surface area contributed by atoms with Gasteiger partial charge in [-0.25, -0.2) is 0 Å². The van der Waals surface area contributed by atoms with Crippen LogP contribution in [0.25, 0.3) is 22.3 Å². The molecule has 0 amide bonds. The first-order valence-electron chi connectivity index (χ1n) is 10.3. The Morgan fingerprint density at radius 1 is 0.400 bits per heavy atom. The fourth-order valence-corrected chi connectivity index (χ4v) is 8.06. The van der Waals surface area contributed by atoms with E-state index in [1.807, 2.05) is 0 Å². The van der Waals surface area contributed by atoms with E-state index in [-0.39, 0.29) is 0 Å². The third-order valence-electron chi connectivity index (χ3n) is 6.84. The van der Waals surface area contributed by atoms with Gasteiger partial charge >= 0.3 is 199 Å². The van der Waals surface area contributed by atoms with Crippen molar-refractivity contribution in [1.82, 2.24) is 0 Å². The molecule has 0 saturated carbocycles. The molecule has 0 nitrogen and oxygen atoms in total. The molecule has 0 heterocycles. The Morgan fingerprint density at radius 2 is 0.967 bits per heavy atom. The van der Waals surface area contributed by atoms with E-state index in [4.69, 9.17) is 0 Å². The summed E-state index contributed by atoms with van der Waals surface area (Å²) in [5.74, 6) is 0. The monoisotopic (exact) mass is 720 g/mol. The number of rotatable bonds is 0. The van der Waals surface area contributed by atoms with Crippen molar-refractivity contribution in [3.63, 3.8) is 0 Å². The van der Waals surface area contributed by atoms with Crippen LogP contribution in [0.5, 0.6) is 0 Å². The molecule has 0 fully saturated rings. The van der Waals surface area contributed by atoms with Gasteiger partial charge in [0.2, 0.25) is 0 Å². The van der Waals surface area contributed by atoms with Crippen LogP contribution in [0.4, 0.5) is 0 Å². The van der Waals surface area contributed by atoms with Crippen molar-refractivity contribution in [2.75, 3.05) is 0 Å². The molecule has 0 radical (unpaired) electrons. The van der Waals surface area contributed by atoms with Crippen LogP contribution in [-0.2, 0) is 51.5 Å². The molecule has 30 heavy (non-hydrogen) atoms. The zero-order chi connectivity index (χ0) is 20.0. The van der Waals surface area contributed by atoms with Crippen molar-refractivity contribution in [2.24, 2.45) is 0 Å². The molecule has 4 aromatic rings. The fourth-order valence-electron chi connectivity index (χ4n) is 5.41. The van der Waals surface area contributed by atoms with Crippen LogP contribution in [0.3, 0.4) is 0 Å². The van der Waals surface area contributed by atoms with Gasteiger partial charge in [-0.05, 0) is 0 Å². The summed E-state index contributed by atoms with van der Waals surface area (Å²) in [4.78, 5) is 0. The van der Waals surface area contributed by atoms with E-state index < -0.39 is 0 Å². The Hall–Kier alpha value is -2.00. The van der Waals surface area contributed by atoms with Crippen molar-refractivity contribution >= 4 is 7.80 Å². The number of benzene rings is 4. The van der Waals surface area contributed by atoms with Crippen LogP contribution in [0.2, 0.25) is 0 Å². The molecule has 3 aliphatic carbocycles. The molecule has 0 atom stereocenters. The molecular formula is C28H16W2. The zero-order valence-electron chi connectivity index (χ0n) is 16.2. The molecule has 0 aliphatic heterocycles. The van der Waals surface area contributed by atoms with Crippen LogP contribution in [0, 0.1) is 0 Å². The number of hydrogen-bond donors (Lipinski definition) is 0. The summed E-state index contributed by atoms with van der Waals surface area (Å²) in [5.41, 5.74) is 17.6. The van der Waals surface area contributed by atoms with Gasteiger partial charge in [0.05, 0.1) is 0 Å². The summed E-state index contributed by atoms with van der Waals surface area (Å²) in [6, 6.07) is 27.8. The molecule has 140 valence electrons. The molecule has 2 heteroatoms. The van der Waals surface area contributed by atoms with Crippen molar-refractivity contribution in [3.05, 3.63) is 117 Å². The molecule has 0 aromatic heterocycles. The third kappa shape index (κ3) is 2.30. The average Bonchev–Trinajstić information content (AvgIpc) is 3.26. The maximum absolute atomic E-state index is 2.51. The molecule has 3 aliphatic rings. The van der Waals surface area contributed by atoms with Crippen LogP contribution < -0.4 is 0 Å². The normalized spacial score (nSPS) is 14.5. The van der Waals surface area contributed by atoms with E-state index in [9.17, 15) is 0 Å². The van der Waals surface area contributed by atoms with E-state index in [2.05, 4.69) is 72.8 Å². The van der Waals surface area contributed by atoms with Gasteiger partial charge in [0.15, 0.2) is 0 Å². The van der Waals surface area contributed by atoms with Crippen LogP contribution in [-0.4, -0.2) is 7.80 Å². The first-order chi connectivity index (χ1) is 14.7. The molecule has 7 rings (SSSR count). The minimum absolute atomic E-state index is 1.06. The zero-order valence-corrected chi connectivity index (χ0v) is 22.0. The first-order valence-corrected chi connectivity index (χ1v) is 13.2. The predicted molar refractivity (Wildman–Crippen MR) is 116 cm³/mol. The Balaban J connectivity index is 1.41. The van der Waals surface area contributed by atoms with Gasteiger partial charge in [0.25, 0.3) is 0 Å². The van der Waals surface area contributed by atoms with Gasteiger partial charge in [-0.15, -0.1) is 0 Å². The maximum atomic E-state index is 2.51. The van der Waals surface area contributed by atoms with E-state index in [1.54, 1.807) is 38.7 Å². The van der Waals surface area contributed by atoms with E-state index in [1.165, 1.54) is 74.6 Å². The number of fused-ring (bicyclic) bond motifs is 8. The van der Waals surface area contributed by atoms with Gasteiger partial charge in [0, 0.05) is 0 Å². The first kappa shape index (κ1) is 17.7. The molecule has 0 saturated heterocycles. The third-order valence-corrected chi connectivity index (χ3v) is 10.00. The summed E-state index contributed by atoms with van der Waals surface area (Å²) in [7, 11) is 0. The summed E-state index contributed by atoms with van der Waals surface area (Å²) in [5, 5.41) is 0. The van der Waals surface area contributed by atoms with Crippen LogP contribution in [0.1, 0.15) is 44.5 Å². The van der Waals surface area contributed by atoms with Gasteiger partial charge in [-0.2, -0.15) is 0 Å². The van der Waals surface area contributed by atoms with E-state index in [0.29, 0.717) is 0 Å². The second-order valence-electron chi connectivity index (χ2n) is 8.44. The summed E-state index contributed by atoms with van der Waals surface area (Å²) in [6.45, 7) is 0. The minimum atomic E-state index is 1.06. The molecule has 0 bridgehead atoms. The molecular weight excluding hydrogens is 704 g/mol. The van der Waals surface area contributed by atoms with E-state index in [0.717, 1.165) is 12.8 Å². The Bertz CT molecular complexity index is 1470.